The molecule has 1 aromatic carbocycles. The zero-order valence-corrected chi connectivity index (χ0v) is 14.0. The summed E-state index contributed by atoms with van der Waals surface area (Å²) < 4.78 is 0. The number of carbonyl (C=O) groups is 2. The van der Waals surface area contributed by atoms with E-state index in [1.54, 1.807) is 4.90 Å². The van der Waals surface area contributed by atoms with Crippen LogP contribution in [0.15, 0.2) is 24.3 Å². The third kappa shape index (κ3) is 4.06. The lowest BCUT2D eigenvalue weighted by Gasteiger charge is -2.24. The highest BCUT2D eigenvalue weighted by Gasteiger charge is 2.22. The summed E-state index contributed by atoms with van der Waals surface area (Å²) in [6, 6.07) is 6.76. The minimum Gasteiger partial charge on any atom is -0.336 e. The highest BCUT2D eigenvalue weighted by Crippen LogP contribution is 2.27. The van der Waals surface area contributed by atoms with E-state index in [-0.39, 0.29) is 11.9 Å². The molecule has 130 valence electrons. The second kappa shape index (κ2) is 7.66. The molecule has 0 bridgehead atoms. The molecule has 6 heteroatoms. The van der Waals surface area contributed by atoms with Crippen LogP contribution in [0, 0.1) is 5.92 Å². The van der Waals surface area contributed by atoms with Gasteiger partial charge in [-0.3, -0.25) is 9.69 Å². The molecule has 0 radical (unpaired) electrons. The first-order valence-electron chi connectivity index (χ1n) is 8.85. The van der Waals surface area contributed by atoms with Crippen molar-refractivity contribution in [2.75, 3.05) is 23.3 Å². The van der Waals surface area contributed by atoms with Gasteiger partial charge in [-0.15, -0.1) is 0 Å². The molecule has 1 atom stereocenters. The predicted molar refractivity (Wildman–Crippen MR) is 95.0 cm³/mol. The normalized spacial score (nSPS) is 19.9. The van der Waals surface area contributed by atoms with Crippen LogP contribution < -0.4 is 21.3 Å². The van der Waals surface area contributed by atoms with Crippen molar-refractivity contribution >= 4 is 23.3 Å². The van der Waals surface area contributed by atoms with Crippen molar-refractivity contribution in [1.29, 1.82) is 0 Å². The number of carbonyl (C=O) groups excluding carboxylic acids is 2. The molecule has 1 saturated heterocycles. The highest BCUT2D eigenvalue weighted by atomic mass is 16.2. The third-order valence-corrected chi connectivity index (χ3v) is 4.95. The third-order valence-electron chi connectivity index (χ3n) is 4.95. The Morgan fingerprint density at radius 1 is 1.25 bits per heavy atom. The maximum absolute atomic E-state index is 12.3. The van der Waals surface area contributed by atoms with E-state index in [1.165, 1.54) is 32.1 Å². The first-order valence-corrected chi connectivity index (χ1v) is 8.85. The standard InChI is InChI=1S/C18H26N4O2/c19-16(12-13-4-2-1-3-5-13)17(23)21-14-6-8-15(9-7-14)22-11-10-20-18(22)24/h6-9,13,16H,1-5,10-12,19H2,(H,20,24)(H,21,23). The van der Waals surface area contributed by atoms with Gasteiger partial charge < -0.3 is 16.4 Å². The van der Waals surface area contributed by atoms with E-state index in [1.807, 2.05) is 24.3 Å². The summed E-state index contributed by atoms with van der Waals surface area (Å²) >= 11 is 0. The van der Waals surface area contributed by atoms with E-state index in [2.05, 4.69) is 10.6 Å². The van der Waals surface area contributed by atoms with Gasteiger partial charge in [-0.05, 0) is 36.6 Å². The molecule has 1 aliphatic heterocycles. The second-order valence-corrected chi connectivity index (χ2v) is 6.77. The van der Waals surface area contributed by atoms with Crippen molar-refractivity contribution in [2.45, 2.75) is 44.6 Å². The van der Waals surface area contributed by atoms with Crippen molar-refractivity contribution in [3.63, 3.8) is 0 Å². The van der Waals surface area contributed by atoms with Crippen LogP contribution in [-0.4, -0.2) is 31.1 Å². The van der Waals surface area contributed by atoms with E-state index in [4.69, 9.17) is 5.73 Å². The fourth-order valence-corrected chi connectivity index (χ4v) is 3.57. The molecule has 1 heterocycles. The summed E-state index contributed by atoms with van der Waals surface area (Å²) in [6.45, 7) is 1.32. The number of nitrogens with zero attached hydrogens (tertiary/aromatic N) is 1. The minimum atomic E-state index is -0.461. The van der Waals surface area contributed by atoms with Gasteiger partial charge in [0, 0.05) is 24.5 Å². The zero-order valence-electron chi connectivity index (χ0n) is 14.0. The first-order chi connectivity index (χ1) is 11.6. The molecular weight excluding hydrogens is 304 g/mol. The average Bonchev–Trinajstić information content (AvgIpc) is 3.02. The molecule has 1 aliphatic carbocycles. The number of anilines is 2. The summed E-state index contributed by atoms with van der Waals surface area (Å²) in [5, 5.41) is 5.65. The highest BCUT2D eigenvalue weighted by molar-refractivity contribution is 5.96. The van der Waals surface area contributed by atoms with Crippen LogP contribution in [0.25, 0.3) is 0 Å². The van der Waals surface area contributed by atoms with Crippen molar-refractivity contribution in [2.24, 2.45) is 11.7 Å². The number of hydrogen-bond donors (Lipinski definition) is 3. The van der Waals surface area contributed by atoms with Crippen LogP contribution >= 0.6 is 0 Å². The average molecular weight is 330 g/mol. The predicted octanol–water partition coefficient (Wildman–Crippen LogP) is 2.45. The lowest BCUT2D eigenvalue weighted by atomic mass is 9.85. The van der Waals surface area contributed by atoms with Gasteiger partial charge in [-0.1, -0.05) is 32.1 Å². The molecule has 6 nitrogen and oxygen atoms in total. The van der Waals surface area contributed by atoms with Crippen molar-refractivity contribution in [3.8, 4) is 0 Å². The Kier molecular flexibility index (Phi) is 5.35. The Morgan fingerprint density at radius 3 is 2.58 bits per heavy atom. The number of hydrogen-bond acceptors (Lipinski definition) is 3. The van der Waals surface area contributed by atoms with E-state index < -0.39 is 6.04 Å². The fourth-order valence-electron chi connectivity index (χ4n) is 3.57. The van der Waals surface area contributed by atoms with Crippen molar-refractivity contribution in [1.82, 2.24) is 5.32 Å². The van der Waals surface area contributed by atoms with E-state index in [0.29, 0.717) is 24.7 Å². The summed E-state index contributed by atoms with van der Waals surface area (Å²) in [5.74, 6) is 0.447. The zero-order chi connectivity index (χ0) is 16.9. The quantitative estimate of drug-likeness (QED) is 0.775. The molecule has 1 aromatic rings. The molecule has 3 amide bonds. The van der Waals surface area contributed by atoms with E-state index >= 15 is 0 Å². The number of urea groups is 1. The molecule has 24 heavy (non-hydrogen) atoms. The summed E-state index contributed by atoms with van der Waals surface area (Å²) in [6.07, 6.45) is 6.95. The summed E-state index contributed by atoms with van der Waals surface area (Å²) in [4.78, 5) is 25.6. The molecule has 4 N–H and O–H groups in total. The van der Waals surface area contributed by atoms with Gasteiger partial charge in [0.1, 0.15) is 0 Å². The first kappa shape index (κ1) is 16.8. The molecular formula is C18H26N4O2. The van der Waals surface area contributed by atoms with Crippen LogP contribution in [0.1, 0.15) is 38.5 Å². The number of rotatable bonds is 5. The Morgan fingerprint density at radius 2 is 1.96 bits per heavy atom. The molecule has 1 unspecified atom stereocenters. The maximum atomic E-state index is 12.3. The van der Waals surface area contributed by atoms with Crippen molar-refractivity contribution < 1.29 is 9.59 Å². The molecule has 0 spiro atoms. The number of benzene rings is 1. The lowest BCUT2D eigenvalue weighted by Crippen LogP contribution is -2.37. The largest absolute Gasteiger partial charge is 0.336 e. The Labute approximate surface area is 142 Å². The summed E-state index contributed by atoms with van der Waals surface area (Å²) in [5.41, 5.74) is 7.61. The monoisotopic (exact) mass is 330 g/mol. The van der Waals surface area contributed by atoms with Crippen LogP contribution in [0.3, 0.4) is 0 Å². The SMILES string of the molecule is NC(CC1CCCCC1)C(=O)Nc1ccc(N2CCNC2=O)cc1. The van der Waals surface area contributed by atoms with Crippen LogP contribution in [0.2, 0.25) is 0 Å². The van der Waals surface area contributed by atoms with E-state index in [9.17, 15) is 9.59 Å². The Bertz CT molecular complexity index is 581. The minimum absolute atomic E-state index is 0.0821. The van der Waals surface area contributed by atoms with Gasteiger partial charge in [0.2, 0.25) is 5.91 Å². The van der Waals surface area contributed by atoms with Gasteiger partial charge in [-0.2, -0.15) is 0 Å². The lowest BCUT2D eigenvalue weighted by molar-refractivity contribution is -0.117. The Hall–Kier alpha value is -2.08. The van der Waals surface area contributed by atoms with Crippen LogP contribution in [0.4, 0.5) is 16.2 Å². The van der Waals surface area contributed by atoms with Gasteiger partial charge in [-0.25, -0.2) is 4.79 Å². The number of nitrogens with one attached hydrogen (secondary N) is 2. The van der Waals surface area contributed by atoms with Gasteiger partial charge >= 0.3 is 6.03 Å². The second-order valence-electron chi connectivity index (χ2n) is 6.77. The number of nitrogens with two attached hydrogens (primary N) is 1. The summed E-state index contributed by atoms with van der Waals surface area (Å²) in [7, 11) is 0. The molecule has 1 saturated carbocycles. The topological polar surface area (TPSA) is 87.5 Å². The van der Waals surface area contributed by atoms with Gasteiger partial charge in [0.15, 0.2) is 0 Å². The fraction of sp³-hybridized carbons (Fsp3) is 0.556. The maximum Gasteiger partial charge on any atom is 0.321 e. The van der Waals surface area contributed by atoms with Crippen LogP contribution in [0.5, 0.6) is 0 Å². The molecule has 2 aliphatic rings. The Balaban J connectivity index is 1.53. The van der Waals surface area contributed by atoms with Gasteiger partial charge in [0.25, 0.3) is 0 Å². The van der Waals surface area contributed by atoms with E-state index in [0.717, 1.165) is 12.1 Å². The number of amides is 3. The van der Waals surface area contributed by atoms with Gasteiger partial charge in [0.05, 0.1) is 6.04 Å². The molecule has 0 aromatic heterocycles. The smallest absolute Gasteiger partial charge is 0.321 e. The van der Waals surface area contributed by atoms with Crippen LogP contribution in [-0.2, 0) is 4.79 Å². The molecule has 3 rings (SSSR count). The van der Waals surface area contributed by atoms with Crippen molar-refractivity contribution in [3.05, 3.63) is 24.3 Å². The molecule has 2 fully saturated rings.